The van der Waals surface area contributed by atoms with Crippen molar-refractivity contribution in [2.75, 3.05) is 26.9 Å². The van der Waals surface area contributed by atoms with Crippen molar-refractivity contribution < 1.29 is 9.47 Å². The summed E-state index contributed by atoms with van der Waals surface area (Å²) in [5.74, 6) is 2.55. The monoisotopic (exact) mass is 289 g/mol. The number of nitrogens with one attached hydrogen (secondary N) is 1. The van der Waals surface area contributed by atoms with Crippen LogP contribution in [0.4, 0.5) is 0 Å². The van der Waals surface area contributed by atoms with Crippen LogP contribution in [-0.4, -0.2) is 32.9 Å². The Morgan fingerprint density at radius 3 is 2.57 bits per heavy atom. The molecule has 0 aliphatic heterocycles. The summed E-state index contributed by atoms with van der Waals surface area (Å²) >= 11 is 0. The van der Waals surface area contributed by atoms with E-state index >= 15 is 0 Å². The van der Waals surface area contributed by atoms with E-state index in [1.807, 2.05) is 0 Å². The van der Waals surface area contributed by atoms with Gasteiger partial charge in [0.05, 0.1) is 7.11 Å². The molecular formula is C18H27NO2. The molecule has 0 amide bonds. The summed E-state index contributed by atoms with van der Waals surface area (Å²) in [6.07, 6.45) is 6.42. The zero-order chi connectivity index (χ0) is 14.5. The lowest BCUT2D eigenvalue weighted by Crippen LogP contribution is -2.40. The number of benzene rings is 1. The van der Waals surface area contributed by atoms with Gasteiger partial charge in [-0.2, -0.15) is 0 Å². The Bertz CT molecular complexity index is 421. The zero-order valence-corrected chi connectivity index (χ0v) is 13.0. The maximum Gasteiger partial charge on any atom is 0.118 e. The normalized spacial score (nSPS) is 24.6. The topological polar surface area (TPSA) is 30.5 Å². The van der Waals surface area contributed by atoms with Gasteiger partial charge in [0, 0.05) is 19.3 Å². The van der Waals surface area contributed by atoms with E-state index in [4.69, 9.17) is 9.47 Å². The third kappa shape index (κ3) is 4.45. The molecule has 0 heterocycles. The molecule has 1 N–H and O–H groups in total. The lowest BCUT2D eigenvalue weighted by molar-refractivity contribution is 0.120. The van der Waals surface area contributed by atoms with Crippen molar-refractivity contribution in [2.45, 2.75) is 44.1 Å². The molecule has 1 aromatic carbocycles. The van der Waals surface area contributed by atoms with Crippen LogP contribution in [0.2, 0.25) is 0 Å². The molecule has 0 bridgehead atoms. The Morgan fingerprint density at radius 2 is 1.90 bits per heavy atom. The average Bonchev–Trinajstić information content (AvgIpc) is 3.29. The summed E-state index contributed by atoms with van der Waals surface area (Å²) in [4.78, 5) is 0. The molecule has 0 atom stereocenters. The van der Waals surface area contributed by atoms with Crippen LogP contribution in [-0.2, 0) is 4.74 Å². The Kier molecular flexibility index (Phi) is 5.15. The Hall–Kier alpha value is -1.06. The molecule has 0 radical (unpaired) electrons. The third-order valence-electron chi connectivity index (χ3n) is 4.67. The van der Waals surface area contributed by atoms with Crippen molar-refractivity contribution in [2.24, 2.45) is 5.92 Å². The molecule has 3 rings (SSSR count). The second kappa shape index (κ2) is 7.28. The van der Waals surface area contributed by atoms with E-state index in [1.165, 1.54) is 31.2 Å². The minimum absolute atomic E-state index is 0.695. The van der Waals surface area contributed by atoms with Gasteiger partial charge in [-0.3, -0.25) is 0 Å². The summed E-state index contributed by atoms with van der Waals surface area (Å²) in [5.41, 5.74) is 1.45. The number of rotatable bonds is 9. The summed E-state index contributed by atoms with van der Waals surface area (Å²) in [6.45, 7) is 2.99. The maximum absolute atomic E-state index is 5.65. The van der Waals surface area contributed by atoms with Gasteiger partial charge in [0.1, 0.15) is 5.75 Å². The van der Waals surface area contributed by atoms with E-state index in [-0.39, 0.29) is 0 Å². The molecule has 2 fully saturated rings. The molecule has 1 aromatic rings. The fourth-order valence-corrected chi connectivity index (χ4v) is 2.95. The van der Waals surface area contributed by atoms with E-state index in [9.17, 15) is 0 Å². The quantitative estimate of drug-likeness (QED) is 0.707. The summed E-state index contributed by atoms with van der Waals surface area (Å²) in [7, 11) is 1.71. The molecule has 3 heteroatoms. The van der Waals surface area contributed by atoms with Crippen LogP contribution < -0.4 is 10.1 Å². The SMILES string of the molecule is COc1ccc(C2CC(NCCCOCC3CC3)C2)cc1. The fraction of sp³-hybridized carbons (Fsp3) is 0.667. The highest BCUT2D eigenvalue weighted by atomic mass is 16.5. The van der Waals surface area contributed by atoms with Crippen LogP contribution in [0.15, 0.2) is 24.3 Å². The van der Waals surface area contributed by atoms with Gasteiger partial charge in [0.2, 0.25) is 0 Å². The number of methoxy groups -OCH3 is 1. The van der Waals surface area contributed by atoms with Gasteiger partial charge >= 0.3 is 0 Å². The highest BCUT2D eigenvalue weighted by molar-refractivity contribution is 5.30. The van der Waals surface area contributed by atoms with E-state index in [1.54, 1.807) is 7.11 Å². The Morgan fingerprint density at radius 1 is 1.14 bits per heavy atom. The van der Waals surface area contributed by atoms with Gasteiger partial charge in [-0.25, -0.2) is 0 Å². The van der Waals surface area contributed by atoms with Gasteiger partial charge in [-0.1, -0.05) is 12.1 Å². The molecule has 2 saturated carbocycles. The van der Waals surface area contributed by atoms with Gasteiger partial charge < -0.3 is 14.8 Å². The van der Waals surface area contributed by atoms with E-state index < -0.39 is 0 Å². The molecule has 2 aliphatic carbocycles. The van der Waals surface area contributed by atoms with Crippen LogP contribution in [0.5, 0.6) is 5.75 Å². The predicted octanol–water partition coefficient (Wildman–Crippen LogP) is 3.35. The lowest BCUT2D eigenvalue weighted by atomic mass is 9.76. The van der Waals surface area contributed by atoms with Crippen LogP contribution in [0, 0.1) is 5.92 Å². The van der Waals surface area contributed by atoms with Gasteiger partial charge in [-0.15, -0.1) is 0 Å². The summed E-state index contributed by atoms with van der Waals surface area (Å²) in [5, 5.41) is 3.64. The minimum Gasteiger partial charge on any atom is -0.497 e. The highest BCUT2D eigenvalue weighted by Gasteiger charge is 2.29. The molecule has 3 nitrogen and oxygen atoms in total. The van der Waals surface area contributed by atoms with Crippen molar-refractivity contribution in [3.8, 4) is 5.75 Å². The van der Waals surface area contributed by atoms with Crippen molar-refractivity contribution in [1.82, 2.24) is 5.32 Å². The smallest absolute Gasteiger partial charge is 0.118 e. The first-order valence-corrected chi connectivity index (χ1v) is 8.30. The molecule has 0 unspecified atom stereocenters. The van der Waals surface area contributed by atoms with Crippen molar-refractivity contribution in [3.05, 3.63) is 29.8 Å². The fourth-order valence-electron chi connectivity index (χ4n) is 2.95. The summed E-state index contributed by atoms with van der Waals surface area (Å²) < 4.78 is 10.9. The van der Waals surface area contributed by atoms with Crippen molar-refractivity contribution >= 4 is 0 Å². The van der Waals surface area contributed by atoms with Crippen LogP contribution >= 0.6 is 0 Å². The van der Waals surface area contributed by atoms with E-state index in [2.05, 4.69) is 29.6 Å². The first-order chi connectivity index (χ1) is 10.3. The van der Waals surface area contributed by atoms with Gasteiger partial charge in [0.15, 0.2) is 0 Å². The Labute approximate surface area is 128 Å². The van der Waals surface area contributed by atoms with Gasteiger partial charge in [-0.05, 0) is 68.2 Å². The third-order valence-corrected chi connectivity index (χ3v) is 4.67. The van der Waals surface area contributed by atoms with Gasteiger partial charge in [0.25, 0.3) is 0 Å². The van der Waals surface area contributed by atoms with Crippen LogP contribution in [0.25, 0.3) is 0 Å². The highest BCUT2D eigenvalue weighted by Crippen LogP contribution is 2.37. The molecular weight excluding hydrogens is 262 g/mol. The maximum atomic E-state index is 5.65. The van der Waals surface area contributed by atoms with Crippen LogP contribution in [0.3, 0.4) is 0 Å². The first-order valence-electron chi connectivity index (χ1n) is 8.30. The number of ether oxygens (including phenoxy) is 2. The molecule has 116 valence electrons. The summed E-state index contributed by atoms with van der Waals surface area (Å²) in [6, 6.07) is 9.22. The van der Waals surface area contributed by atoms with Crippen molar-refractivity contribution in [1.29, 1.82) is 0 Å². The first kappa shape index (κ1) is 14.9. The lowest BCUT2D eigenvalue weighted by Gasteiger charge is -2.36. The second-order valence-electron chi connectivity index (χ2n) is 6.46. The molecule has 0 saturated heterocycles. The minimum atomic E-state index is 0.695. The molecule has 2 aliphatic rings. The Balaban J connectivity index is 1.25. The molecule has 0 spiro atoms. The molecule has 0 aromatic heterocycles. The van der Waals surface area contributed by atoms with Crippen LogP contribution in [0.1, 0.15) is 43.6 Å². The molecule has 21 heavy (non-hydrogen) atoms. The van der Waals surface area contributed by atoms with E-state index in [0.717, 1.165) is 43.8 Å². The zero-order valence-electron chi connectivity index (χ0n) is 13.0. The predicted molar refractivity (Wildman–Crippen MR) is 84.9 cm³/mol. The second-order valence-corrected chi connectivity index (χ2v) is 6.46. The standard InChI is InChI=1S/C18H27NO2/c1-20-18-7-5-15(6-8-18)16-11-17(12-16)19-9-2-10-21-13-14-3-4-14/h5-8,14,16-17,19H,2-4,9-13H2,1H3. The average molecular weight is 289 g/mol. The van der Waals surface area contributed by atoms with Crippen molar-refractivity contribution in [3.63, 3.8) is 0 Å². The number of hydrogen-bond donors (Lipinski definition) is 1. The van der Waals surface area contributed by atoms with E-state index in [0.29, 0.717) is 6.04 Å². The largest absolute Gasteiger partial charge is 0.497 e. The number of hydrogen-bond acceptors (Lipinski definition) is 3.